The molecule has 18 heavy (non-hydrogen) atoms. The van der Waals surface area contributed by atoms with Crippen LogP contribution >= 0.6 is 24.8 Å². The molecule has 1 atom stereocenters. The summed E-state index contributed by atoms with van der Waals surface area (Å²) in [7, 11) is 2.07. The molecule has 0 bridgehead atoms. The Bertz CT molecular complexity index is 247. The second-order valence-corrected chi connectivity index (χ2v) is 5.22. The van der Waals surface area contributed by atoms with Crippen molar-refractivity contribution in [1.82, 2.24) is 15.5 Å². The molecule has 1 rings (SSSR count). The Balaban J connectivity index is 0. The molecule has 0 aromatic heterocycles. The van der Waals surface area contributed by atoms with Gasteiger partial charge in [0.25, 0.3) is 0 Å². The zero-order valence-corrected chi connectivity index (χ0v) is 13.1. The minimum Gasteiger partial charge on any atom is -0.444 e. The lowest BCUT2D eigenvalue weighted by molar-refractivity contribution is 0.0507. The van der Waals surface area contributed by atoms with Gasteiger partial charge in [-0.05, 0) is 27.8 Å². The lowest BCUT2D eigenvalue weighted by Gasteiger charge is -2.33. The molecule has 0 aromatic carbocycles. The smallest absolute Gasteiger partial charge is 0.407 e. The summed E-state index contributed by atoms with van der Waals surface area (Å²) in [6.07, 6.45) is -0.341. The van der Waals surface area contributed by atoms with Crippen LogP contribution < -0.4 is 10.6 Å². The average molecular weight is 302 g/mol. The van der Waals surface area contributed by atoms with E-state index in [-0.39, 0.29) is 30.9 Å². The van der Waals surface area contributed by atoms with Gasteiger partial charge in [0.2, 0.25) is 0 Å². The first-order valence-electron chi connectivity index (χ1n) is 5.76. The van der Waals surface area contributed by atoms with Crippen LogP contribution in [0.25, 0.3) is 0 Å². The van der Waals surface area contributed by atoms with Gasteiger partial charge in [-0.3, -0.25) is 4.90 Å². The summed E-state index contributed by atoms with van der Waals surface area (Å²) >= 11 is 0. The van der Waals surface area contributed by atoms with Gasteiger partial charge in [-0.15, -0.1) is 24.8 Å². The van der Waals surface area contributed by atoms with E-state index in [2.05, 4.69) is 22.6 Å². The van der Waals surface area contributed by atoms with Crippen molar-refractivity contribution in [3.63, 3.8) is 0 Å². The molecule has 0 saturated carbocycles. The first kappa shape index (κ1) is 20.1. The molecule has 0 spiro atoms. The van der Waals surface area contributed by atoms with Gasteiger partial charge in [-0.2, -0.15) is 0 Å². The van der Waals surface area contributed by atoms with Crippen molar-refractivity contribution < 1.29 is 9.53 Å². The van der Waals surface area contributed by atoms with E-state index in [9.17, 15) is 4.79 Å². The summed E-state index contributed by atoms with van der Waals surface area (Å²) in [6, 6.07) is 0.348. The number of nitrogens with zero attached hydrogens (tertiary/aromatic N) is 1. The normalized spacial score (nSPS) is 20.3. The van der Waals surface area contributed by atoms with Gasteiger partial charge in [0.15, 0.2) is 0 Å². The third kappa shape index (κ3) is 7.97. The lowest BCUT2D eigenvalue weighted by atomic mass is 10.2. The van der Waals surface area contributed by atoms with Crippen LogP contribution in [0.2, 0.25) is 0 Å². The van der Waals surface area contributed by atoms with E-state index < -0.39 is 5.60 Å². The monoisotopic (exact) mass is 301 g/mol. The predicted molar refractivity (Wildman–Crippen MR) is 78.0 cm³/mol. The molecule has 5 nitrogen and oxygen atoms in total. The number of likely N-dealkylation sites (N-methyl/N-ethyl adjacent to an activating group) is 1. The summed E-state index contributed by atoms with van der Waals surface area (Å²) in [5, 5.41) is 6.10. The lowest BCUT2D eigenvalue weighted by Crippen LogP contribution is -2.54. The Kier molecular flexibility index (Phi) is 9.82. The molecule has 1 amide bonds. The highest BCUT2D eigenvalue weighted by molar-refractivity contribution is 5.85. The van der Waals surface area contributed by atoms with E-state index in [1.165, 1.54) is 0 Å². The largest absolute Gasteiger partial charge is 0.444 e. The molecule has 1 aliphatic heterocycles. The van der Waals surface area contributed by atoms with Crippen molar-refractivity contribution in [2.75, 3.05) is 33.2 Å². The van der Waals surface area contributed by atoms with Crippen molar-refractivity contribution in [3.05, 3.63) is 0 Å². The average Bonchev–Trinajstić information content (AvgIpc) is 2.14. The SMILES string of the molecule is CN1CCNCC1CNC(=O)OC(C)(C)C.Cl.Cl. The van der Waals surface area contributed by atoms with Crippen LogP contribution in [-0.4, -0.2) is 55.9 Å². The van der Waals surface area contributed by atoms with Gasteiger partial charge < -0.3 is 15.4 Å². The van der Waals surface area contributed by atoms with Crippen molar-refractivity contribution in [2.45, 2.75) is 32.4 Å². The number of carbonyl (C=O) groups is 1. The minimum atomic E-state index is -0.430. The van der Waals surface area contributed by atoms with Gasteiger partial charge in [0.05, 0.1) is 0 Å². The van der Waals surface area contributed by atoms with Gasteiger partial charge in [0, 0.05) is 32.2 Å². The van der Waals surface area contributed by atoms with E-state index in [1.54, 1.807) is 0 Å². The summed E-state index contributed by atoms with van der Waals surface area (Å²) in [5.41, 5.74) is -0.430. The molecular formula is C11H25Cl2N3O2. The fraction of sp³-hybridized carbons (Fsp3) is 0.909. The van der Waals surface area contributed by atoms with Crippen molar-refractivity contribution >= 4 is 30.9 Å². The van der Waals surface area contributed by atoms with Crippen LogP contribution in [0.5, 0.6) is 0 Å². The van der Waals surface area contributed by atoms with Crippen molar-refractivity contribution in [2.24, 2.45) is 0 Å². The van der Waals surface area contributed by atoms with Gasteiger partial charge in [-0.1, -0.05) is 0 Å². The highest BCUT2D eigenvalue weighted by Crippen LogP contribution is 2.06. The summed E-state index contributed by atoms with van der Waals surface area (Å²) in [6.45, 7) is 9.15. The number of hydrogen-bond acceptors (Lipinski definition) is 4. The Labute approximate surface area is 122 Å². The Morgan fingerprint density at radius 2 is 2.06 bits per heavy atom. The topological polar surface area (TPSA) is 53.6 Å². The summed E-state index contributed by atoms with van der Waals surface area (Å²) in [5.74, 6) is 0. The third-order valence-corrected chi connectivity index (χ3v) is 2.53. The molecule has 0 aliphatic carbocycles. The number of rotatable bonds is 2. The molecular weight excluding hydrogens is 277 g/mol. The molecule has 1 aliphatic rings. The summed E-state index contributed by atoms with van der Waals surface area (Å²) in [4.78, 5) is 13.7. The second-order valence-electron chi connectivity index (χ2n) is 5.22. The molecule has 2 N–H and O–H groups in total. The fourth-order valence-corrected chi connectivity index (χ4v) is 1.61. The van der Waals surface area contributed by atoms with E-state index in [4.69, 9.17) is 4.74 Å². The Morgan fingerprint density at radius 3 is 2.56 bits per heavy atom. The number of amides is 1. The van der Waals surface area contributed by atoms with E-state index in [0.717, 1.165) is 19.6 Å². The molecule has 1 heterocycles. The maximum atomic E-state index is 11.4. The Hall–Kier alpha value is -0.230. The maximum absolute atomic E-state index is 11.4. The fourth-order valence-electron chi connectivity index (χ4n) is 1.61. The van der Waals surface area contributed by atoms with Crippen LogP contribution in [0.4, 0.5) is 4.79 Å². The standard InChI is InChI=1S/C11H23N3O2.2ClH/c1-11(2,3)16-10(15)13-8-9-7-12-5-6-14(9)4;;/h9,12H,5-8H2,1-4H3,(H,13,15);2*1H. The highest BCUT2D eigenvalue weighted by atomic mass is 35.5. The minimum absolute atomic E-state index is 0. The predicted octanol–water partition coefficient (Wildman–Crippen LogP) is 1.26. The number of hydrogen-bond donors (Lipinski definition) is 2. The van der Waals surface area contributed by atoms with Crippen molar-refractivity contribution in [1.29, 1.82) is 0 Å². The number of carbonyl (C=O) groups excluding carboxylic acids is 1. The molecule has 1 fully saturated rings. The highest BCUT2D eigenvalue weighted by Gasteiger charge is 2.21. The van der Waals surface area contributed by atoms with E-state index in [0.29, 0.717) is 12.6 Å². The van der Waals surface area contributed by atoms with E-state index >= 15 is 0 Å². The third-order valence-electron chi connectivity index (χ3n) is 2.53. The quantitative estimate of drug-likeness (QED) is 0.806. The van der Waals surface area contributed by atoms with Crippen LogP contribution in [0.3, 0.4) is 0 Å². The number of piperazine rings is 1. The first-order valence-corrected chi connectivity index (χ1v) is 5.76. The number of ether oxygens (including phenoxy) is 1. The molecule has 7 heteroatoms. The van der Waals surface area contributed by atoms with Crippen molar-refractivity contribution in [3.8, 4) is 0 Å². The Morgan fingerprint density at radius 1 is 1.44 bits per heavy atom. The zero-order chi connectivity index (χ0) is 12.2. The molecule has 0 aromatic rings. The van der Waals surface area contributed by atoms with Gasteiger partial charge in [-0.25, -0.2) is 4.79 Å². The van der Waals surface area contributed by atoms with Crippen LogP contribution in [-0.2, 0) is 4.74 Å². The molecule has 1 saturated heterocycles. The van der Waals surface area contributed by atoms with Crippen LogP contribution in [0, 0.1) is 0 Å². The molecule has 110 valence electrons. The first-order chi connectivity index (χ1) is 7.38. The summed E-state index contributed by atoms with van der Waals surface area (Å²) < 4.78 is 5.18. The maximum Gasteiger partial charge on any atom is 0.407 e. The number of alkyl carbamates (subject to hydrolysis) is 1. The van der Waals surface area contributed by atoms with E-state index in [1.807, 2.05) is 20.8 Å². The van der Waals surface area contributed by atoms with Crippen LogP contribution in [0.1, 0.15) is 20.8 Å². The number of nitrogens with one attached hydrogen (secondary N) is 2. The molecule has 0 radical (unpaired) electrons. The second kappa shape index (κ2) is 8.80. The zero-order valence-electron chi connectivity index (χ0n) is 11.5. The molecule has 1 unspecified atom stereocenters. The number of halogens is 2. The van der Waals surface area contributed by atoms with Gasteiger partial charge >= 0.3 is 6.09 Å². The van der Waals surface area contributed by atoms with Crippen LogP contribution in [0.15, 0.2) is 0 Å². The van der Waals surface area contributed by atoms with Gasteiger partial charge in [0.1, 0.15) is 5.60 Å².